The summed E-state index contributed by atoms with van der Waals surface area (Å²) in [4.78, 5) is 6.64. The molecule has 17 heavy (non-hydrogen) atoms. The summed E-state index contributed by atoms with van der Waals surface area (Å²) < 4.78 is 0. The van der Waals surface area contributed by atoms with Gasteiger partial charge in [-0.1, -0.05) is 12.1 Å². The van der Waals surface area contributed by atoms with Crippen molar-refractivity contribution in [3.05, 3.63) is 42.1 Å². The van der Waals surface area contributed by atoms with Crippen molar-refractivity contribution < 1.29 is 0 Å². The predicted octanol–water partition coefficient (Wildman–Crippen LogP) is 1.89. The van der Waals surface area contributed by atoms with Gasteiger partial charge in [0.2, 0.25) is 0 Å². The van der Waals surface area contributed by atoms with Gasteiger partial charge in [-0.15, -0.1) is 0 Å². The second kappa shape index (κ2) is 5.75. The SMILES string of the molecule is CNCCN(C)Cc1ccc2ncccc2c1. The van der Waals surface area contributed by atoms with Crippen LogP contribution in [-0.4, -0.2) is 37.1 Å². The Bertz CT molecular complexity index is 482. The van der Waals surface area contributed by atoms with Crippen LogP contribution in [0.5, 0.6) is 0 Å². The normalized spacial score (nSPS) is 11.2. The Morgan fingerprint density at radius 3 is 3.00 bits per heavy atom. The molecular weight excluding hydrogens is 210 g/mol. The molecule has 0 fully saturated rings. The summed E-state index contributed by atoms with van der Waals surface area (Å²) in [5.74, 6) is 0. The number of likely N-dealkylation sites (N-methyl/N-ethyl adjacent to an activating group) is 2. The van der Waals surface area contributed by atoms with Gasteiger partial charge in [-0.25, -0.2) is 0 Å². The maximum absolute atomic E-state index is 4.33. The molecule has 0 aliphatic carbocycles. The standard InChI is InChI=1S/C14H19N3/c1-15-8-9-17(2)11-12-5-6-14-13(10-12)4-3-7-16-14/h3-7,10,15H,8-9,11H2,1-2H3. The molecule has 3 nitrogen and oxygen atoms in total. The van der Waals surface area contributed by atoms with E-state index in [-0.39, 0.29) is 0 Å². The molecule has 1 aromatic heterocycles. The van der Waals surface area contributed by atoms with E-state index in [9.17, 15) is 0 Å². The molecule has 0 radical (unpaired) electrons. The third kappa shape index (κ3) is 3.25. The van der Waals surface area contributed by atoms with Crippen LogP contribution in [0.2, 0.25) is 0 Å². The highest BCUT2D eigenvalue weighted by molar-refractivity contribution is 5.78. The van der Waals surface area contributed by atoms with E-state index >= 15 is 0 Å². The molecule has 1 heterocycles. The number of rotatable bonds is 5. The summed E-state index contributed by atoms with van der Waals surface area (Å²) in [6.07, 6.45) is 1.83. The lowest BCUT2D eigenvalue weighted by Crippen LogP contribution is -2.26. The molecule has 0 saturated heterocycles. The largest absolute Gasteiger partial charge is 0.318 e. The Kier molecular flexibility index (Phi) is 4.07. The van der Waals surface area contributed by atoms with Crippen molar-refractivity contribution in [2.75, 3.05) is 27.2 Å². The zero-order chi connectivity index (χ0) is 12.1. The van der Waals surface area contributed by atoms with Crippen LogP contribution in [0, 0.1) is 0 Å². The van der Waals surface area contributed by atoms with Crippen molar-refractivity contribution in [3.8, 4) is 0 Å². The van der Waals surface area contributed by atoms with Gasteiger partial charge in [-0.3, -0.25) is 4.98 Å². The summed E-state index contributed by atoms with van der Waals surface area (Å²) in [5, 5.41) is 4.38. The fraction of sp³-hybridized carbons (Fsp3) is 0.357. The van der Waals surface area contributed by atoms with Gasteiger partial charge in [-0.05, 0) is 37.9 Å². The smallest absolute Gasteiger partial charge is 0.0702 e. The molecule has 90 valence electrons. The van der Waals surface area contributed by atoms with E-state index in [1.165, 1.54) is 10.9 Å². The van der Waals surface area contributed by atoms with Crippen molar-refractivity contribution in [2.45, 2.75) is 6.54 Å². The Morgan fingerprint density at radius 2 is 2.18 bits per heavy atom. The maximum Gasteiger partial charge on any atom is 0.0702 e. The number of fused-ring (bicyclic) bond motifs is 1. The monoisotopic (exact) mass is 229 g/mol. The zero-order valence-electron chi connectivity index (χ0n) is 10.5. The average Bonchev–Trinajstić information content (AvgIpc) is 2.36. The Morgan fingerprint density at radius 1 is 1.29 bits per heavy atom. The van der Waals surface area contributed by atoms with Crippen molar-refractivity contribution in [2.24, 2.45) is 0 Å². The first kappa shape index (κ1) is 12.0. The van der Waals surface area contributed by atoms with Gasteiger partial charge in [0.15, 0.2) is 0 Å². The first-order valence-electron chi connectivity index (χ1n) is 5.96. The van der Waals surface area contributed by atoms with E-state index in [0.29, 0.717) is 0 Å². The van der Waals surface area contributed by atoms with Gasteiger partial charge in [0, 0.05) is 31.2 Å². The highest BCUT2D eigenvalue weighted by Gasteiger charge is 2.01. The third-order valence-electron chi connectivity index (χ3n) is 2.86. The molecule has 0 aliphatic heterocycles. The summed E-state index contributed by atoms with van der Waals surface area (Å²) in [6.45, 7) is 3.06. The van der Waals surface area contributed by atoms with Crippen LogP contribution in [0.25, 0.3) is 10.9 Å². The van der Waals surface area contributed by atoms with E-state index in [1.54, 1.807) is 0 Å². The van der Waals surface area contributed by atoms with E-state index in [0.717, 1.165) is 25.2 Å². The van der Waals surface area contributed by atoms with Crippen molar-refractivity contribution in [1.29, 1.82) is 0 Å². The predicted molar refractivity (Wildman–Crippen MR) is 72.0 cm³/mol. The summed E-state index contributed by atoms with van der Waals surface area (Å²) in [5.41, 5.74) is 2.40. The first-order valence-corrected chi connectivity index (χ1v) is 5.96. The quantitative estimate of drug-likeness (QED) is 0.848. The molecule has 0 aliphatic rings. The molecule has 3 heteroatoms. The van der Waals surface area contributed by atoms with E-state index in [1.807, 2.05) is 19.3 Å². The highest BCUT2D eigenvalue weighted by atomic mass is 15.1. The number of benzene rings is 1. The topological polar surface area (TPSA) is 28.2 Å². The van der Waals surface area contributed by atoms with E-state index in [4.69, 9.17) is 0 Å². The van der Waals surface area contributed by atoms with Crippen LogP contribution in [0.3, 0.4) is 0 Å². The number of hydrogen-bond acceptors (Lipinski definition) is 3. The molecule has 2 rings (SSSR count). The number of pyridine rings is 1. The van der Waals surface area contributed by atoms with Gasteiger partial charge in [0.1, 0.15) is 0 Å². The van der Waals surface area contributed by atoms with E-state index in [2.05, 4.69) is 46.5 Å². The molecule has 0 bridgehead atoms. The fourth-order valence-corrected chi connectivity index (χ4v) is 1.92. The zero-order valence-corrected chi connectivity index (χ0v) is 10.5. The summed E-state index contributed by atoms with van der Waals surface area (Å²) >= 11 is 0. The Hall–Kier alpha value is -1.45. The Labute approximate surface area is 102 Å². The van der Waals surface area contributed by atoms with Gasteiger partial charge < -0.3 is 10.2 Å². The lowest BCUT2D eigenvalue weighted by molar-refractivity contribution is 0.328. The molecular formula is C14H19N3. The van der Waals surface area contributed by atoms with Crippen molar-refractivity contribution >= 4 is 10.9 Å². The van der Waals surface area contributed by atoms with Crippen LogP contribution < -0.4 is 5.32 Å². The molecule has 0 saturated carbocycles. The van der Waals surface area contributed by atoms with Gasteiger partial charge >= 0.3 is 0 Å². The lowest BCUT2D eigenvalue weighted by Gasteiger charge is -2.16. The number of nitrogens with one attached hydrogen (secondary N) is 1. The molecule has 2 aromatic rings. The van der Waals surface area contributed by atoms with Crippen molar-refractivity contribution in [1.82, 2.24) is 15.2 Å². The van der Waals surface area contributed by atoms with Crippen LogP contribution in [0.15, 0.2) is 36.5 Å². The second-order valence-corrected chi connectivity index (χ2v) is 4.37. The fourth-order valence-electron chi connectivity index (χ4n) is 1.92. The van der Waals surface area contributed by atoms with Gasteiger partial charge in [0.05, 0.1) is 5.52 Å². The number of hydrogen-bond donors (Lipinski definition) is 1. The van der Waals surface area contributed by atoms with Gasteiger partial charge in [0.25, 0.3) is 0 Å². The Balaban J connectivity index is 2.08. The minimum atomic E-state index is 0.979. The van der Waals surface area contributed by atoms with Crippen LogP contribution in [-0.2, 0) is 6.54 Å². The maximum atomic E-state index is 4.33. The van der Waals surface area contributed by atoms with Crippen molar-refractivity contribution in [3.63, 3.8) is 0 Å². The molecule has 0 unspecified atom stereocenters. The van der Waals surface area contributed by atoms with Crippen LogP contribution in [0.1, 0.15) is 5.56 Å². The minimum Gasteiger partial charge on any atom is -0.318 e. The summed E-state index contributed by atoms with van der Waals surface area (Å²) in [7, 11) is 4.13. The number of aromatic nitrogens is 1. The average molecular weight is 229 g/mol. The van der Waals surface area contributed by atoms with Gasteiger partial charge in [-0.2, -0.15) is 0 Å². The molecule has 0 amide bonds. The highest BCUT2D eigenvalue weighted by Crippen LogP contribution is 2.14. The molecule has 0 spiro atoms. The second-order valence-electron chi connectivity index (χ2n) is 4.37. The lowest BCUT2D eigenvalue weighted by atomic mass is 10.1. The third-order valence-corrected chi connectivity index (χ3v) is 2.86. The van der Waals surface area contributed by atoms with Crippen LogP contribution in [0.4, 0.5) is 0 Å². The van der Waals surface area contributed by atoms with Crippen LogP contribution >= 0.6 is 0 Å². The molecule has 1 aromatic carbocycles. The van der Waals surface area contributed by atoms with E-state index < -0.39 is 0 Å². The number of nitrogens with zero attached hydrogens (tertiary/aromatic N) is 2. The molecule has 0 atom stereocenters. The summed E-state index contributed by atoms with van der Waals surface area (Å²) in [6, 6.07) is 10.6. The first-order chi connectivity index (χ1) is 8.29. The minimum absolute atomic E-state index is 0.979. The molecule has 1 N–H and O–H groups in total.